The molecule has 0 bridgehead atoms. The molecule has 0 saturated carbocycles. The molecule has 7 nitrogen and oxygen atoms in total. The van der Waals surface area contributed by atoms with Gasteiger partial charge >= 0.3 is 5.97 Å². The Morgan fingerprint density at radius 3 is 3.09 bits per heavy atom. The van der Waals surface area contributed by atoms with Crippen molar-refractivity contribution in [1.82, 2.24) is 14.6 Å². The number of hydrogen-bond donors (Lipinski definition) is 1. The molecular weight excluding hydrogens is 296 g/mol. The van der Waals surface area contributed by atoms with Crippen LogP contribution in [0.3, 0.4) is 0 Å². The molecule has 0 unspecified atom stereocenters. The summed E-state index contributed by atoms with van der Waals surface area (Å²) < 4.78 is 13.2. The lowest BCUT2D eigenvalue weighted by Crippen LogP contribution is -2.27. The summed E-state index contributed by atoms with van der Waals surface area (Å²) in [5.41, 5.74) is 7.09. The van der Waals surface area contributed by atoms with Crippen LogP contribution in [0.15, 0.2) is 18.5 Å². The molecule has 2 atom stereocenters. The van der Waals surface area contributed by atoms with Crippen LogP contribution in [0, 0.1) is 5.92 Å². The van der Waals surface area contributed by atoms with Crippen molar-refractivity contribution in [2.24, 2.45) is 5.92 Å². The summed E-state index contributed by atoms with van der Waals surface area (Å²) in [4.78, 5) is 15.6. The van der Waals surface area contributed by atoms with E-state index in [4.69, 9.17) is 15.2 Å². The maximum atomic E-state index is 11.6. The minimum atomic E-state index is -0.484. The van der Waals surface area contributed by atoms with Crippen LogP contribution < -0.4 is 5.73 Å². The summed E-state index contributed by atoms with van der Waals surface area (Å²) in [7, 11) is 0. The van der Waals surface area contributed by atoms with Crippen LogP contribution >= 0.6 is 0 Å². The first kappa shape index (κ1) is 15.7. The molecule has 0 amide bonds. The number of carbonyl (C=O) groups excluding carboxylic acids is 1. The zero-order chi connectivity index (χ0) is 16.6. The van der Waals surface area contributed by atoms with Gasteiger partial charge in [-0.05, 0) is 31.9 Å². The van der Waals surface area contributed by atoms with Gasteiger partial charge in [0.25, 0.3) is 0 Å². The number of nitrogens with zero attached hydrogens (tertiary/aromatic N) is 3. The van der Waals surface area contributed by atoms with Crippen LogP contribution in [-0.2, 0) is 19.9 Å². The van der Waals surface area contributed by atoms with Gasteiger partial charge in [0, 0.05) is 0 Å². The first-order valence-electron chi connectivity index (χ1n) is 7.84. The van der Waals surface area contributed by atoms with E-state index >= 15 is 0 Å². The number of aromatic nitrogens is 3. The van der Waals surface area contributed by atoms with E-state index < -0.39 is 5.60 Å². The number of ether oxygens (including phenoxy) is 2. The highest BCUT2D eigenvalue weighted by molar-refractivity contribution is 5.71. The molecule has 2 N–H and O–H groups in total. The lowest BCUT2D eigenvalue weighted by Gasteiger charge is -2.24. The first-order chi connectivity index (χ1) is 10.9. The summed E-state index contributed by atoms with van der Waals surface area (Å²) >= 11 is 0. The van der Waals surface area contributed by atoms with Crippen molar-refractivity contribution >= 4 is 17.3 Å². The molecule has 3 heterocycles. The van der Waals surface area contributed by atoms with Gasteiger partial charge in [-0.25, -0.2) is 9.50 Å². The number of carbonyl (C=O) groups is 1. The molecule has 124 valence electrons. The fraction of sp³-hybridized carbons (Fsp3) is 0.562. The predicted octanol–water partition coefficient (Wildman–Crippen LogP) is 1.90. The van der Waals surface area contributed by atoms with Crippen LogP contribution in [-0.4, -0.2) is 33.3 Å². The molecule has 0 aliphatic carbocycles. The Kier molecular flexibility index (Phi) is 3.97. The largest absolute Gasteiger partial charge is 0.463 e. The maximum absolute atomic E-state index is 11.6. The predicted molar refractivity (Wildman–Crippen MR) is 84.7 cm³/mol. The van der Waals surface area contributed by atoms with E-state index in [0.717, 1.165) is 24.1 Å². The van der Waals surface area contributed by atoms with Crippen LogP contribution in [0.1, 0.15) is 39.3 Å². The highest BCUT2D eigenvalue weighted by Gasteiger charge is 2.40. The SMILES string of the molecule is CC(C)C(=O)OC[C@@H]1CC[C@](C)(c2ccc3c(N)ncnn23)O1. The van der Waals surface area contributed by atoms with Crippen molar-refractivity contribution in [2.45, 2.75) is 45.3 Å². The standard InChI is InChI=1S/C16H22N4O3/c1-10(2)15(21)22-8-11-6-7-16(3,23-11)13-5-4-12-14(17)18-9-19-20(12)13/h4-5,9-11H,6-8H2,1-3H3,(H2,17,18,19)/t11-,16+/m0/s1. The second kappa shape index (κ2) is 5.81. The van der Waals surface area contributed by atoms with Crippen molar-refractivity contribution in [2.75, 3.05) is 12.3 Å². The van der Waals surface area contributed by atoms with E-state index in [1.807, 2.05) is 32.9 Å². The molecule has 0 spiro atoms. The number of esters is 1. The van der Waals surface area contributed by atoms with E-state index in [1.54, 1.807) is 4.52 Å². The number of nitrogen functional groups attached to an aromatic ring is 1. The molecule has 2 aromatic heterocycles. The molecule has 1 saturated heterocycles. The third-order valence-electron chi connectivity index (χ3n) is 4.28. The van der Waals surface area contributed by atoms with E-state index in [0.29, 0.717) is 5.82 Å². The van der Waals surface area contributed by atoms with Gasteiger partial charge in [-0.15, -0.1) is 0 Å². The Hall–Kier alpha value is -2.15. The molecule has 1 fully saturated rings. The minimum Gasteiger partial charge on any atom is -0.463 e. The number of anilines is 1. The van der Waals surface area contributed by atoms with Crippen molar-refractivity contribution < 1.29 is 14.3 Å². The maximum Gasteiger partial charge on any atom is 0.308 e. The number of rotatable bonds is 4. The normalized spacial score (nSPS) is 24.4. The third kappa shape index (κ3) is 2.88. The molecule has 0 aromatic carbocycles. The Labute approximate surface area is 134 Å². The second-order valence-corrected chi connectivity index (χ2v) is 6.46. The van der Waals surface area contributed by atoms with Crippen LogP contribution in [0.4, 0.5) is 5.82 Å². The summed E-state index contributed by atoms with van der Waals surface area (Å²) in [5, 5.41) is 4.27. The number of nitrogens with two attached hydrogens (primary N) is 1. The zero-order valence-corrected chi connectivity index (χ0v) is 13.7. The quantitative estimate of drug-likeness (QED) is 0.866. The molecule has 3 rings (SSSR count). The van der Waals surface area contributed by atoms with E-state index in [1.165, 1.54) is 6.33 Å². The van der Waals surface area contributed by atoms with Crippen molar-refractivity contribution in [3.8, 4) is 0 Å². The van der Waals surface area contributed by atoms with Gasteiger partial charge in [-0.1, -0.05) is 13.8 Å². The van der Waals surface area contributed by atoms with E-state index in [-0.39, 0.29) is 24.6 Å². The Morgan fingerprint density at radius 2 is 2.35 bits per heavy atom. The molecule has 1 aliphatic heterocycles. The van der Waals surface area contributed by atoms with Crippen molar-refractivity contribution in [1.29, 1.82) is 0 Å². The summed E-state index contributed by atoms with van der Waals surface area (Å²) in [6.45, 7) is 5.95. The molecule has 1 aliphatic rings. The van der Waals surface area contributed by atoms with Gasteiger partial charge in [0.2, 0.25) is 0 Å². The van der Waals surface area contributed by atoms with E-state index in [2.05, 4.69) is 10.1 Å². The molecule has 0 radical (unpaired) electrons. The fourth-order valence-electron chi connectivity index (χ4n) is 2.92. The van der Waals surface area contributed by atoms with Crippen LogP contribution in [0.5, 0.6) is 0 Å². The second-order valence-electron chi connectivity index (χ2n) is 6.46. The van der Waals surface area contributed by atoms with Crippen molar-refractivity contribution in [3.63, 3.8) is 0 Å². The van der Waals surface area contributed by atoms with Gasteiger partial charge in [0.1, 0.15) is 24.1 Å². The number of fused-ring (bicyclic) bond motifs is 1. The van der Waals surface area contributed by atoms with Gasteiger partial charge in [0.05, 0.1) is 17.7 Å². The van der Waals surface area contributed by atoms with Gasteiger partial charge in [0.15, 0.2) is 5.82 Å². The average Bonchev–Trinajstić information content (AvgIpc) is 3.10. The Balaban J connectivity index is 1.75. The average molecular weight is 318 g/mol. The van der Waals surface area contributed by atoms with Gasteiger partial charge < -0.3 is 15.2 Å². The van der Waals surface area contributed by atoms with Gasteiger partial charge in [-0.3, -0.25) is 4.79 Å². The topological polar surface area (TPSA) is 91.7 Å². The Morgan fingerprint density at radius 1 is 1.57 bits per heavy atom. The smallest absolute Gasteiger partial charge is 0.308 e. The van der Waals surface area contributed by atoms with Crippen LogP contribution in [0.25, 0.3) is 5.52 Å². The number of hydrogen-bond acceptors (Lipinski definition) is 6. The monoisotopic (exact) mass is 318 g/mol. The highest BCUT2D eigenvalue weighted by atomic mass is 16.6. The van der Waals surface area contributed by atoms with E-state index in [9.17, 15) is 4.79 Å². The van der Waals surface area contributed by atoms with Crippen molar-refractivity contribution in [3.05, 3.63) is 24.2 Å². The third-order valence-corrected chi connectivity index (χ3v) is 4.28. The van der Waals surface area contributed by atoms with Crippen LogP contribution in [0.2, 0.25) is 0 Å². The molecular formula is C16H22N4O3. The highest BCUT2D eigenvalue weighted by Crippen LogP contribution is 2.39. The summed E-state index contributed by atoms with van der Waals surface area (Å²) in [5.74, 6) is 0.114. The Bertz CT molecular complexity index is 727. The fourth-order valence-corrected chi connectivity index (χ4v) is 2.92. The molecule has 23 heavy (non-hydrogen) atoms. The zero-order valence-electron chi connectivity index (χ0n) is 13.7. The summed E-state index contributed by atoms with van der Waals surface area (Å²) in [6.07, 6.45) is 2.99. The first-order valence-corrected chi connectivity index (χ1v) is 7.84. The summed E-state index contributed by atoms with van der Waals surface area (Å²) in [6, 6.07) is 3.86. The molecule has 7 heteroatoms. The lowest BCUT2D eigenvalue weighted by atomic mass is 9.98. The molecule has 2 aromatic rings. The minimum absolute atomic E-state index is 0.104. The lowest BCUT2D eigenvalue weighted by molar-refractivity contribution is -0.153. The van der Waals surface area contributed by atoms with Gasteiger partial charge in [-0.2, -0.15) is 5.10 Å².